The molecule has 2 aliphatic carbocycles. The van der Waals surface area contributed by atoms with E-state index in [-0.39, 0.29) is 12.8 Å². The van der Waals surface area contributed by atoms with Crippen molar-refractivity contribution in [3.63, 3.8) is 0 Å². The highest BCUT2D eigenvalue weighted by Gasteiger charge is 2.78. The van der Waals surface area contributed by atoms with Crippen molar-refractivity contribution in [2.45, 2.75) is 23.5 Å². The van der Waals surface area contributed by atoms with Crippen LogP contribution in [0, 0.1) is 29.1 Å². The van der Waals surface area contributed by atoms with Crippen molar-refractivity contribution in [2.24, 2.45) is 17.8 Å². The summed E-state index contributed by atoms with van der Waals surface area (Å²) in [5.41, 5.74) is 0. The van der Waals surface area contributed by atoms with Crippen LogP contribution in [0.15, 0.2) is 0 Å². The predicted molar refractivity (Wildman–Crippen MR) is 51.9 cm³/mol. The van der Waals surface area contributed by atoms with Gasteiger partial charge in [0.25, 0.3) is 10.2 Å². The van der Waals surface area contributed by atoms with Crippen molar-refractivity contribution in [3.8, 4) is 6.07 Å². The lowest BCUT2D eigenvalue weighted by Crippen LogP contribution is -2.41. The maximum absolute atomic E-state index is 12.7. The average Bonchev–Trinajstić information content (AvgIpc) is 2.55. The van der Waals surface area contributed by atoms with Crippen LogP contribution in [0.5, 0.6) is 0 Å². The lowest BCUT2D eigenvalue weighted by atomic mass is 9.89. The first-order valence-electron chi connectivity index (χ1n) is 4.70. The minimum atomic E-state index is -9.59. The summed E-state index contributed by atoms with van der Waals surface area (Å²) in [6, 6.07) is 1.68. The van der Waals surface area contributed by atoms with Crippen molar-refractivity contribution in [1.29, 1.82) is 5.26 Å². The molecule has 2 saturated carbocycles. The summed E-state index contributed by atoms with van der Waals surface area (Å²) in [5, 5.41) is 4.27. The summed E-state index contributed by atoms with van der Waals surface area (Å²) in [4.78, 5) is 0. The fraction of sp³-hybridized carbons (Fsp3) is 0.875. The number of fused-ring (bicyclic) bond motifs is 2. The molecule has 0 amide bonds. The molecular weight excluding hydrogens is 273 g/mol. The molecule has 1 nitrogen and oxygen atoms in total. The quantitative estimate of drug-likeness (QED) is 0.515. The zero-order valence-corrected chi connectivity index (χ0v) is 9.50. The van der Waals surface area contributed by atoms with Crippen molar-refractivity contribution >= 4 is 21.8 Å². The number of nitrogens with zero attached hydrogens (tertiary/aromatic N) is 1. The van der Waals surface area contributed by atoms with Crippen molar-refractivity contribution in [1.82, 2.24) is 0 Å². The van der Waals surface area contributed by atoms with Crippen LogP contribution in [-0.2, 0) is 0 Å². The molecule has 8 heteroatoms. The van der Waals surface area contributed by atoms with Crippen LogP contribution >= 0.6 is 21.8 Å². The van der Waals surface area contributed by atoms with Gasteiger partial charge in [0, 0.05) is 0 Å². The molecule has 2 rings (SSSR count). The monoisotopic (exact) mass is 281 g/mol. The molecule has 0 radical (unpaired) electrons. The van der Waals surface area contributed by atoms with Gasteiger partial charge in [0.2, 0.25) is 0 Å². The second kappa shape index (κ2) is 2.61. The Morgan fingerprint density at radius 1 is 1.12 bits per heavy atom. The standard InChI is InChI=1S/C8H9ClF5NS/c9-7-4-1-5(3-15)6(2-4)8(7)16(10,11,12,13)14/h4-8H,1-2H2. The highest BCUT2D eigenvalue weighted by molar-refractivity contribution is 8.46. The van der Waals surface area contributed by atoms with Gasteiger partial charge in [-0.2, -0.15) is 5.26 Å². The molecule has 2 aliphatic rings. The van der Waals surface area contributed by atoms with Gasteiger partial charge >= 0.3 is 0 Å². The van der Waals surface area contributed by atoms with Gasteiger partial charge in [0.1, 0.15) is 5.25 Å². The molecular formula is C8H9ClF5NS. The van der Waals surface area contributed by atoms with E-state index in [1.165, 1.54) is 0 Å². The van der Waals surface area contributed by atoms with Gasteiger partial charge in [-0.1, -0.05) is 19.4 Å². The van der Waals surface area contributed by atoms with Crippen LogP contribution in [0.3, 0.4) is 0 Å². The molecule has 0 heterocycles. The number of rotatable bonds is 1. The van der Waals surface area contributed by atoms with Crippen LogP contribution in [0.1, 0.15) is 12.8 Å². The van der Waals surface area contributed by atoms with Gasteiger partial charge in [-0.05, 0) is 24.7 Å². The molecule has 2 bridgehead atoms. The Morgan fingerprint density at radius 2 is 1.69 bits per heavy atom. The van der Waals surface area contributed by atoms with E-state index in [1.807, 2.05) is 0 Å². The van der Waals surface area contributed by atoms with Crippen LogP contribution < -0.4 is 0 Å². The first kappa shape index (κ1) is 12.2. The van der Waals surface area contributed by atoms with E-state index in [0.717, 1.165) is 0 Å². The van der Waals surface area contributed by atoms with E-state index in [9.17, 15) is 19.4 Å². The molecule has 0 aromatic carbocycles. The molecule has 2 fully saturated rings. The molecule has 5 atom stereocenters. The Balaban J connectivity index is 2.42. The summed E-state index contributed by atoms with van der Waals surface area (Å²) < 4.78 is 63.7. The Morgan fingerprint density at radius 3 is 2.06 bits per heavy atom. The van der Waals surface area contributed by atoms with E-state index >= 15 is 0 Å². The van der Waals surface area contributed by atoms with Crippen LogP contribution in [0.2, 0.25) is 0 Å². The summed E-state index contributed by atoms with van der Waals surface area (Å²) >= 11 is 5.48. The third-order valence-electron chi connectivity index (χ3n) is 3.51. The zero-order chi connectivity index (χ0) is 12.4. The average molecular weight is 282 g/mol. The van der Waals surface area contributed by atoms with E-state index in [4.69, 9.17) is 16.9 Å². The van der Waals surface area contributed by atoms with E-state index < -0.39 is 38.6 Å². The third-order valence-corrected chi connectivity index (χ3v) is 5.96. The molecule has 0 saturated heterocycles. The Bertz CT molecular complexity index is 373. The molecule has 0 spiro atoms. The number of alkyl halides is 1. The Kier molecular flexibility index (Phi) is 2.00. The summed E-state index contributed by atoms with van der Waals surface area (Å²) in [6.45, 7) is 0. The van der Waals surface area contributed by atoms with Gasteiger partial charge in [0.15, 0.2) is 0 Å². The normalized spacial score (nSPS) is 47.2. The van der Waals surface area contributed by atoms with Crippen molar-refractivity contribution in [2.75, 3.05) is 0 Å². The maximum atomic E-state index is 12.7. The molecule has 0 aromatic heterocycles. The van der Waals surface area contributed by atoms with E-state index in [0.29, 0.717) is 0 Å². The second-order valence-electron chi connectivity index (χ2n) is 4.57. The number of hydrogen-bond acceptors (Lipinski definition) is 1. The van der Waals surface area contributed by atoms with Crippen molar-refractivity contribution in [3.05, 3.63) is 0 Å². The van der Waals surface area contributed by atoms with Crippen LogP contribution in [0.4, 0.5) is 19.4 Å². The van der Waals surface area contributed by atoms with E-state index in [1.54, 1.807) is 6.07 Å². The first-order valence-corrected chi connectivity index (χ1v) is 7.15. The van der Waals surface area contributed by atoms with Crippen LogP contribution in [-0.4, -0.2) is 10.6 Å². The third kappa shape index (κ3) is 1.76. The molecule has 16 heavy (non-hydrogen) atoms. The fourth-order valence-electron chi connectivity index (χ4n) is 2.96. The minimum absolute atomic E-state index is 0.0112. The van der Waals surface area contributed by atoms with Gasteiger partial charge in [-0.25, -0.2) is 0 Å². The Hall–Kier alpha value is -0.220. The lowest BCUT2D eigenvalue weighted by molar-refractivity contribution is 0.291. The smallest absolute Gasteiger partial charge is 0.198 e. The van der Waals surface area contributed by atoms with Gasteiger partial charge in [-0.3, -0.25) is 0 Å². The fourth-order valence-corrected chi connectivity index (χ4v) is 5.61. The van der Waals surface area contributed by atoms with E-state index in [2.05, 4.69) is 0 Å². The maximum Gasteiger partial charge on any atom is 0.289 e. The van der Waals surface area contributed by atoms with Gasteiger partial charge < -0.3 is 0 Å². The van der Waals surface area contributed by atoms with Gasteiger partial charge in [-0.15, -0.1) is 11.6 Å². The molecule has 5 unspecified atom stereocenters. The number of nitriles is 1. The zero-order valence-electron chi connectivity index (χ0n) is 7.92. The number of halogens is 6. The highest BCUT2D eigenvalue weighted by Crippen LogP contribution is 3.03. The molecule has 0 N–H and O–H groups in total. The molecule has 0 aliphatic heterocycles. The lowest BCUT2D eigenvalue weighted by Gasteiger charge is -2.50. The predicted octanol–water partition coefficient (Wildman–Crippen LogP) is 4.44. The first-order chi connectivity index (χ1) is 6.94. The molecule has 94 valence electrons. The van der Waals surface area contributed by atoms with Crippen LogP contribution in [0.25, 0.3) is 0 Å². The van der Waals surface area contributed by atoms with Crippen molar-refractivity contribution < 1.29 is 19.4 Å². The SMILES string of the molecule is N#CC1CC2CC1C(S(F)(F)(F)(F)F)C2Cl. The van der Waals surface area contributed by atoms with Gasteiger partial charge in [0.05, 0.1) is 17.4 Å². The largest absolute Gasteiger partial charge is 0.289 e. The summed E-state index contributed by atoms with van der Waals surface area (Å²) in [5.74, 6) is -2.87. The molecule has 0 aromatic rings. The minimum Gasteiger partial charge on any atom is -0.198 e. The summed E-state index contributed by atoms with van der Waals surface area (Å²) in [6.07, 6.45) is 0.197. The second-order valence-corrected chi connectivity index (χ2v) is 7.67. The highest BCUT2D eigenvalue weighted by atomic mass is 35.5. The Labute approximate surface area is 94.3 Å². The topological polar surface area (TPSA) is 23.8 Å². The number of hydrogen-bond donors (Lipinski definition) is 0. The summed E-state index contributed by atoms with van der Waals surface area (Å²) in [7, 11) is -9.59.